The summed E-state index contributed by atoms with van der Waals surface area (Å²) < 4.78 is 54.7. The van der Waals surface area contributed by atoms with E-state index in [1.807, 2.05) is 0 Å². The fraction of sp³-hybridized carbons (Fsp3) is 0.400. The van der Waals surface area contributed by atoms with Crippen LogP contribution in [0.1, 0.15) is 13.8 Å². The lowest BCUT2D eigenvalue weighted by atomic mass is 9.74. The number of halogens is 4. The maximum Gasteiger partial charge on any atom is 0.352 e. The van der Waals surface area contributed by atoms with Crippen molar-refractivity contribution in [3.05, 3.63) is 22.8 Å². The van der Waals surface area contributed by atoms with Crippen LogP contribution in [-0.2, 0) is 9.59 Å². The van der Waals surface area contributed by atoms with Gasteiger partial charge in [-0.1, -0.05) is 0 Å². The van der Waals surface area contributed by atoms with Gasteiger partial charge in [-0.2, -0.15) is 0 Å². The molecule has 0 saturated heterocycles. The average Bonchev–Trinajstić information content (AvgIpc) is 2.24. The van der Waals surface area contributed by atoms with E-state index in [1.165, 1.54) is 0 Å². The highest BCUT2D eigenvalue weighted by Crippen LogP contribution is 2.50. The van der Waals surface area contributed by atoms with Crippen molar-refractivity contribution in [1.29, 1.82) is 0 Å². The summed E-state index contributed by atoms with van der Waals surface area (Å²) >= 11 is 0. The molecule has 2 N–H and O–H groups in total. The molecule has 0 aromatic carbocycles. The number of allylic oxidation sites excluding steroid dienone is 1. The van der Waals surface area contributed by atoms with Gasteiger partial charge < -0.3 is 10.2 Å². The highest BCUT2D eigenvalue weighted by Gasteiger charge is 2.65. The summed E-state index contributed by atoms with van der Waals surface area (Å²) in [6.45, 7) is 1.03. The molecule has 0 spiro atoms. The molecule has 2 unspecified atom stereocenters. The molecular weight excluding hydrogens is 260 g/mol. The summed E-state index contributed by atoms with van der Waals surface area (Å²) in [6, 6.07) is 0. The van der Waals surface area contributed by atoms with E-state index < -0.39 is 46.1 Å². The maximum absolute atomic E-state index is 14.1. The van der Waals surface area contributed by atoms with E-state index in [0.29, 0.717) is 13.8 Å². The first-order valence-electron chi connectivity index (χ1n) is 4.61. The number of carbonyl (C=O) groups is 2. The SMILES string of the molecule is CC1=C(C(=O)O)C(F)=C(F)C(F)(C(=O)O)C1(C)F. The first-order valence-corrected chi connectivity index (χ1v) is 4.61. The Kier molecular flexibility index (Phi) is 3.02. The molecule has 4 nitrogen and oxygen atoms in total. The van der Waals surface area contributed by atoms with Crippen LogP contribution >= 0.6 is 0 Å². The molecule has 8 heteroatoms. The minimum Gasteiger partial charge on any atom is -0.478 e. The third-order valence-corrected chi connectivity index (χ3v) is 2.95. The molecule has 0 amide bonds. The lowest BCUT2D eigenvalue weighted by Gasteiger charge is -2.36. The molecule has 1 aliphatic carbocycles. The standard InChI is InChI=1S/C10H8F4O4/c1-3-4(7(15)16)5(11)6(12)10(14,8(17)18)9(3,2)13/h1-2H3,(H,15,16)(H,17,18). The molecule has 0 aromatic heterocycles. The van der Waals surface area contributed by atoms with Gasteiger partial charge in [-0.3, -0.25) is 0 Å². The second-order valence-electron chi connectivity index (χ2n) is 3.90. The average molecular weight is 268 g/mol. The Morgan fingerprint density at radius 3 is 1.94 bits per heavy atom. The first-order chi connectivity index (χ1) is 7.99. The molecule has 1 rings (SSSR count). The van der Waals surface area contributed by atoms with Gasteiger partial charge >= 0.3 is 11.9 Å². The van der Waals surface area contributed by atoms with Crippen molar-refractivity contribution in [2.45, 2.75) is 25.2 Å². The predicted molar refractivity (Wildman–Crippen MR) is 50.6 cm³/mol. The highest BCUT2D eigenvalue weighted by atomic mass is 19.2. The number of hydrogen-bond acceptors (Lipinski definition) is 2. The van der Waals surface area contributed by atoms with Crippen molar-refractivity contribution in [1.82, 2.24) is 0 Å². The summed E-state index contributed by atoms with van der Waals surface area (Å²) in [5, 5.41) is 17.1. The Bertz CT molecular complexity index is 506. The minimum atomic E-state index is -4.29. The second-order valence-corrected chi connectivity index (χ2v) is 3.90. The van der Waals surface area contributed by atoms with Crippen molar-refractivity contribution in [3.8, 4) is 0 Å². The molecule has 0 fully saturated rings. The fourth-order valence-corrected chi connectivity index (χ4v) is 1.67. The summed E-state index contributed by atoms with van der Waals surface area (Å²) in [5.41, 5.74) is -10.3. The van der Waals surface area contributed by atoms with Crippen molar-refractivity contribution in [2.24, 2.45) is 0 Å². The summed E-state index contributed by atoms with van der Waals surface area (Å²) in [4.78, 5) is 21.3. The smallest absolute Gasteiger partial charge is 0.352 e. The van der Waals surface area contributed by atoms with Gasteiger partial charge in [0.05, 0.1) is 0 Å². The van der Waals surface area contributed by atoms with Crippen molar-refractivity contribution in [3.63, 3.8) is 0 Å². The summed E-state index contributed by atoms with van der Waals surface area (Å²) in [7, 11) is 0. The van der Waals surface area contributed by atoms with Crippen LogP contribution in [0.15, 0.2) is 22.8 Å². The van der Waals surface area contributed by atoms with E-state index in [1.54, 1.807) is 0 Å². The molecule has 0 aromatic rings. The minimum absolute atomic E-state index is 0.339. The third kappa shape index (κ3) is 1.44. The van der Waals surface area contributed by atoms with Crippen molar-refractivity contribution in [2.75, 3.05) is 0 Å². The number of alkyl halides is 2. The van der Waals surface area contributed by atoms with Gasteiger partial charge in [0.2, 0.25) is 0 Å². The lowest BCUT2D eigenvalue weighted by molar-refractivity contribution is -0.158. The zero-order chi connectivity index (χ0) is 14.5. The molecule has 100 valence electrons. The Labute approximate surface area is 98.2 Å². The van der Waals surface area contributed by atoms with Crippen LogP contribution in [-0.4, -0.2) is 33.5 Å². The van der Waals surface area contributed by atoms with Crippen LogP contribution in [0, 0.1) is 0 Å². The third-order valence-electron chi connectivity index (χ3n) is 2.95. The van der Waals surface area contributed by atoms with Gasteiger partial charge in [0.1, 0.15) is 5.57 Å². The number of carboxylic acids is 2. The normalized spacial score (nSPS) is 32.8. The topological polar surface area (TPSA) is 74.6 Å². The van der Waals surface area contributed by atoms with Crippen molar-refractivity contribution < 1.29 is 37.4 Å². The van der Waals surface area contributed by atoms with Crippen LogP contribution in [0.4, 0.5) is 17.6 Å². The first kappa shape index (κ1) is 14.2. The van der Waals surface area contributed by atoms with E-state index >= 15 is 0 Å². The van der Waals surface area contributed by atoms with Crippen LogP contribution in [0.3, 0.4) is 0 Å². The van der Waals surface area contributed by atoms with Crippen LogP contribution < -0.4 is 0 Å². The number of aliphatic carboxylic acids is 2. The van der Waals surface area contributed by atoms with E-state index in [9.17, 15) is 27.2 Å². The summed E-state index contributed by atoms with van der Waals surface area (Å²) in [6.07, 6.45) is 0. The molecule has 0 radical (unpaired) electrons. The van der Waals surface area contributed by atoms with E-state index in [0.717, 1.165) is 0 Å². The largest absolute Gasteiger partial charge is 0.478 e. The monoisotopic (exact) mass is 268 g/mol. The lowest BCUT2D eigenvalue weighted by Crippen LogP contribution is -2.55. The fourth-order valence-electron chi connectivity index (χ4n) is 1.67. The zero-order valence-electron chi connectivity index (χ0n) is 9.22. The Balaban J connectivity index is 3.73. The molecule has 1 aliphatic rings. The van der Waals surface area contributed by atoms with Crippen molar-refractivity contribution >= 4 is 11.9 Å². The predicted octanol–water partition coefficient (Wildman–Crippen LogP) is 2.07. The van der Waals surface area contributed by atoms with Gasteiger partial charge in [-0.15, -0.1) is 0 Å². The van der Waals surface area contributed by atoms with Crippen LogP contribution in [0.2, 0.25) is 0 Å². The van der Waals surface area contributed by atoms with Gasteiger partial charge in [0.25, 0.3) is 5.67 Å². The van der Waals surface area contributed by atoms with E-state index in [2.05, 4.69) is 0 Å². The zero-order valence-corrected chi connectivity index (χ0v) is 9.22. The Morgan fingerprint density at radius 1 is 1.17 bits per heavy atom. The number of hydrogen-bond donors (Lipinski definition) is 2. The molecule has 0 bridgehead atoms. The summed E-state index contributed by atoms with van der Waals surface area (Å²) in [5.74, 6) is -9.41. The molecule has 0 saturated carbocycles. The quantitative estimate of drug-likeness (QED) is 0.752. The second kappa shape index (κ2) is 3.82. The van der Waals surface area contributed by atoms with E-state index in [-0.39, 0.29) is 0 Å². The van der Waals surface area contributed by atoms with Gasteiger partial charge in [0.15, 0.2) is 17.3 Å². The van der Waals surface area contributed by atoms with Crippen LogP contribution in [0.25, 0.3) is 0 Å². The Morgan fingerprint density at radius 2 is 1.61 bits per heavy atom. The molecule has 0 aliphatic heterocycles. The highest BCUT2D eigenvalue weighted by molar-refractivity contribution is 5.96. The number of carboxylic acid groups (broad SMARTS) is 2. The molecule has 0 heterocycles. The molecular formula is C10H8F4O4. The van der Waals surface area contributed by atoms with Crippen LogP contribution in [0.5, 0.6) is 0 Å². The van der Waals surface area contributed by atoms with Gasteiger partial charge in [-0.05, 0) is 19.4 Å². The van der Waals surface area contributed by atoms with E-state index in [4.69, 9.17) is 10.2 Å². The maximum atomic E-state index is 14.1. The number of rotatable bonds is 2. The van der Waals surface area contributed by atoms with Gasteiger partial charge in [0, 0.05) is 0 Å². The van der Waals surface area contributed by atoms with Gasteiger partial charge in [-0.25, -0.2) is 27.2 Å². The molecule has 18 heavy (non-hydrogen) atoms. The molecule has 2 atom stereocenters. The Hall–Kier alpha value is -1.86.